The molecule has 0 spiro atoms. The molecule has 2 saturated heterocycles. The van der Waals surface area contributed by atoms with Crippen LogP contribution in [0.15, 0.2) is 34.5 Å². The average molecular weight is 431 g/mol. The number of fused-ring (bicyclic) bond motifs is 1. The molecule has 0 unspecified atom stereocenters. The van der Waals surface area contributed by atoms with Crippen molar-refractivity contribution < 1.29 is 28.9 Å². The number of Topliss-reactive ketones (excluding diaryl/α,β-unsaturated/α-hetero) is 1. The van der Waals surface area contributed by atoms with Crippen LogP contribution in [0, 0.1) is 17.8 Å². The first kappa shape index (κ1) is 22.1. The molecule has 0 aromatic heterocycles. The quantitative estimate of drug-likeness (QED) is 0.528. The summed E-state index contributed by atoms with van der Waals surface area (Å²) in [6.07, 6.45) is 4.57. The van der Waals surface area contributed by atoms with Gasteiger partial charge in [0.25, 0.3) is 0 Å². The van der Waals surface area contributed by atoms with Crippen molar-refractivity contribution in [2.24, 2.45) is 17.8 Å². The number of rotatable bonds is 4. The Hall–Kier alpha value is -2.08. The summed E-state index contributed by atoms with van der Waals surface area (Å²) in [4.78, 5) is 26.1. The van der Waals surface area contributed by atoms with Crippen molar-refractivity contribution in [2.75, 3.05) is 0 Å². The molecule has 2 bridgehead atoms. The predicted molar refractivity (Wildman–Crippen MR) is 114 cm³/mol. The molecule has 0 amide bonds. The van der Waals surface area contributed by atoms with Crippen molar-refractivity contribution >= 4 is 11.8 Å². The lowest BCUT2D eigenvalue weighted by Gasteiger charge is -2.62. The third-order valence-electron chi connectivity index (χ3n) is 7.31. The molecule has 2 heterocycles. The summed E-state index contributed by atoms with van der Waals surface area (Å²) < 4.78 is 18.3. The molecule has 0 radical (unpaired) electrons. The zero-order valence-corrected chi connectivity index (χ0v) is 19.6. The van der Waals surface area contributed by atoms with Gasteiger partial charge in [-0.05, 0) is 60.3 Å². The van der Waals surface area contributed by atoms with Gasteiger partial charge in [0.1, 0.15) is 17.0 Å². The Labute approximate surface area is 184 Å². The summed E-state index contributed by atoms with van der Waals surface area (Å²) in [6.45, 7) is 13.3. The average Bonchev–Trinajstić information content (AvgIpc) is 2.65. The molecule has 4 atom stereocenters. The van der Waals surface area contributed by atoms with Gasteiger partial charge in [-0.1, -0.05) is 25.5 Å². The van der Waals surface area contributed by atoms with E-state index in [1.807, 2.05) is 33.8 Å². The van der Waals surface area contributed by atoms with Crippen molar-refractivity contribution in [2.45, 2.75) is 91.0 Å². The minimum atomic E-state index is -1.61. The number of carbonyl (C=O) groups excluding carboxylic acids is 2. The zero-order valence-electron chi connectivity index (χ0n) is 19.6. The van der Waals surface area contributed by atoms with Gasteiger partial charge in [0, 0.05) is 17.4 Å². The van der Waals surface area contributed by atoms with Gasteiger partial charge in [-0.3, -0.25) is 9.59 Å². The molecule has 170 valence electrons. The van der Waals surface area contributed by atoms with Crippen LogP contribution in [0.25, 0.3) is 0 Å². The second kappa shape index (κ2) is 6.96. The van der Waals surface area contributed by atoms with Gasteiger partial charge in [0.05, 0.1) is 5.92 Å². The number of ketones is 1. The smallest absolute Gasteiger partial charge is 0.314 e. The van der Waals surface area contributed by atoms with E-state index in [0.717, 1.165) is 18.4 Å². The molecule has 0 aromatic rings. The monoisotopic (exact) mass is 430 g/mol. The van der Waals surface area contributed by atoms with Gasteiger partial charge in [-0.25, -0.2) is 0 Å². The van der Waals surface area contributed by atoms with Crippen LogP contribution in [-0.2, 0) is 23.8 Å². The van der Waals surface area contributed by atoms with Crippen LogP contribution in [0.1, 0.15) is 74.1 Å². The Morgan fingerprint density at radius 1 is 1.19 bits per heavy atom. The molecule has 6 heteroatoms. The summed E-state index contributed by atoms with van der Waals surface area (Å²) in [5.74, 6) is -1.36. The zero-order chi connectivity index (χ0) is 22.9. The van der Waals surface area contributed by atoms with E-state index in [0.29, 0.717) is 18.4 Å². The first-order valence-electron chi connectivity index (χ1n) is 11.3. The largest absolute Gasteiger partial charge is 0.488 e. The third kappa shape index (κ3) is 3.25. The lowest BCUT2D eigenvalue weighted by molar-refractivity contribution is -0.251. The Morgan fingerprint density at radius 2 is 1.87 bits per heavy atom. The van der Waals surface area contributed by atoms with Crippen LogP contribution in [0.4, 0.5) is 0 Å². The predicted octanol–water partition coefficient (Wildman–Crippen LogP) is 4.34. The third-order valence-corrected chi connectivity index (χ3v) is 7.31. The SMILES string of the molecule is CC(C)=CCC1=C2O[C@]3(C)CC[C@H]4[C@@H](C3)[C@]2(O)C(=C(OC(=O)C(C)C)C1=O)OC4(C)C. The Morgan fingerprint density at radius 3 is 2.48 bits per heavy atom. The highest BCUT2D eigenvalue weighted by atomic mass is 16.6. The first-order valence-corrected chi connectivity index (χ1v) is 11.3. The maximum absolute atomic E-state index is 13.6. The van der Waals surface area contributed by atoms with Gasteiger partial charge in [0.15, 0.2) is 11.4 Å². The van der Waals surface area contributed by atoms with E-state index in [2.05, 4.69) is 6.92 Å². The van der Waals surface area contributed by atoms with Gasteiger partial charge >= 0.3 is 5.97 Å². The fourth-order valence-electron chi connectivity index (χ4n) is 5.57. The van der Waals surface area contributed by atoms with Crippen molar-refractivity contribution in [1.82, 2.24) is 0 Å². The van der Waals surface area contributed by atoms with Crippen LogP contribution in [-0.4, -0.2) is 33.7 Å². The molecule has 4 aliphatic rings. The summed E-state index contributed by atoms with van der Waals surface area (Å²) in [7, 11) is 0. The van der Waals surface area contributed by atoms with Crippen molar-refractivity contribution in [3.63, 3.8) is 0 Å². The highest BCUT2D eigenvalue weighted by Crippen LogP contribution is 2.63. The first-order chi connectivity index (χ1) is 14.3. The standard InChI is InChI=1S/C25H34O6/c1-13(2)8-9-15-18(26)19(29-22(27)14(3)4)21-25(28)17-12-24(7,31-20(15)25)11-10-16(17)23(5,6)30-21/h8,14,16-17,28H,9-12H2,1-7H3/t16-,17+,24+,25+/m0/s1. The number of carbonyl (C=O) groups is 2. The molecular weight excluding hydrogens is 396 g/mol. The van der Waals surface area contributed by atoms with E-state index < -0.39 is 34.5 Å². The van der Waals surface area contributed by atoms with E-state index in [-0.39, 0.29) is 29.1 Å². The fourth-order valence-corrected chi connectivity index (χ4v) is 5.57. The molecule has 2 aliphatic heterocycles. The Kier molecular flexibility index (Phi) is 4.97. The number of allylic oxidation sites excluding steroid dienone is 3. The fraction of sp³-hybridized carbons (Fsp3) is 0.680. The van der Waals surface area contributed by atoms with Crippen LogP contribution >= 0.6 is 0 Å². The number of esters is 1. The van der Waals surface area contributed by atoms with Gasteiger partial charge in [0.2, 0.25) is 11.5 Å². The van der Waals surface area contributed by atoms with Crippen LogP contribution in [0.3, 0.4) is 0 Å². The number of hydrogen-bond acceptors (Lipinski definition) is 6. The maximum Gasteiger partial charge on any atom is 0.314 e. The molecule has 1 saturated carbocycles. The molecule has 1 N–H and O–H groups in total. The minimum Gasteiger partial charge on any atom is -0.488 e. The topological polar surface area (TPSA) is 82.1 Å². The number of ether oxygens (including phenoxy) is 3. The van der Waals surface area contributed by atoms with Crippen molar-refractivity contribution in [1.29, 1.82) is 0 Å². The molecular formula is C25H34O6. The van der Waals surface area contributed by atoms with E-state index in [9.17, 15) is 14.7 Å². The maximum atomic E-state index is 13.6. The Balaban J connectivity index is 1.95. The normalized spacial score (nSPS) is 35.5. The van der Waals surface area contributed by atoms with Crippen LogP contribution < -0.4 is 0 Å². The van der Waals surface area contributed by atoms with Crippen LogP contribution in [0.2, 0.25) is 0 Å². The van der Waals surface area contributed by atoms with Gasteiger partial charge in [-0.2, -0.15) is 0 Å². The number of aliphatic hydroxyl groups is 1. The van der Waals surface area contributed by atoms with E-state index in [1.54, 1.807) is 13.8 Å². The van der Waals surface area contributed by atoms with Crippen LogP contribution in [0.5, 0.6) is 0 Å². The lowest BCUT2D eigenvalue weighted by atomic mass is 9.55. The van der Waals surface area contributed by atoms with Crippen molar-refractivity contribution in [3.05, 3.63) is 34.5 Å². The number of hydrogen-bond donors (Lipinski definition) is 1. The van der Waals surface area contributed by atoms with Gasteiger partial charge in [-0.15, -0.1) is 0 Å². The highest BCUT2D eigenvalue weighted by molar-refractivity contribution is 6.10. The molecule has 6 nitrogen and oxygen atoms in total. The Bertz CT molecular complexity index is 932. The molecule has 3 fully saturated rings. The molecule has 2 aliphatic carbocycles. The highest BCUT2D eigenvalue weighted by Gasteiger charge is 2.69. The lowest BCUT2D eigenvalue weighted by Crippen LogP contribution is -2.67. The van der Waals surface area contributed by atoms with Gasteiger partial charge < -0.3 is 19.3 Å². The summed E-state index contributed by atoms with van der Waals surface area (Å²) in [5, 5.41) is 12.2. The second-order valence-electron chi connectivity index (χ2n) is 10.8. The van der Waals surface area contributed by atoms with E-state index >= 15 is 0 Å². The molecule has 4 rings (SSSR count). The van der Waals surface area contributed by atoms with E-state index in [4.69, 9.17) is 14.2 Å². The van der Waals surface area contributed by atoms with Crippen molar-refractivity contribution in [3.8, 4) is 0 Å². The minimum absolute atomic E-state index is 0.0395. The van der Waals surface area contributed by atoms with E-state index in [1.165, 1.54) is 0 Å². The summed E-state index contributed by atoms with van der Waals surface area (Å²) >= 11 is 0. The molecule has 0 aromatic carbocycles. The molecule has 31 heavy (non-hydrogen) atoms. The summed E-state index contributed by atoms with van der Waals surface area (Å²) in [6, 6.07) is 0. The second-order valence-corrected chi connectivity index (χ2v) is 10.8. The summed E-state index contributed by atoms with van der Waals surface area (Å²) in [5.41, 5.74) is -1.26.